The molecule has 11 heteroatoms. The Morgan fingerprint density at radius 1 is 1.16 bits per heavy atom. The summed E-state index contributed by atoms with van der Waals surface area (Å²) in [6, 6.07) is 2.63. The Hall–Kier alpha value is -2.85. The molecular weight excluding hydrogens is 426 g/mol. The standard InChI is InChI=1S/C20H28ClN5O5/c1-20(2,3)16(25-17(29)11-6-7-13(22)12(21)8-11)19(31)24-15(10-4-5-10)18(30)26-23-9-14(27)28/h6-8,10,15-16,23H,4-5,9,22H2,1-3H3,(H,24,31)(H,25,29)(H,26,30)(H,27,28). The maximum absolute atomic E-state index is 13.0. The third-order valence-corrected chi connectivity index (χ3v) is 5.12. The van der Waals surface area contributed by atoms with E-state index in [2.05, 4.69) is 21.5 Å². The molecule has 0 aliphatic heterocycles. The molecule has 3 amide bonds. The fraction of sp³-hybridized carbons (Fsp3) is 0.500. The Kier molecular flexibility index (Phi) is 7.85. The van der Waals surface area contributed by atoms with Crippen LogP contribution in [-0.2, 0) is 14.4 Å². The maximum Gasteiger partial charge on any atom is 0.319 e. The van der Waals surface area contributed by atoms with E-state index in [4.69, 9.17) is 22.4 Å². The smallest absolute Gasteiger partial charge is 0.319 e. The van der Waals surface area contributed by atoms with Crippen LogP contribution in [0.5, 0.6) is 0 Å². The number of rotatable bonds is 9. The van der Waals surface area contributed by atoms with E-state index in [-0.39, 0.29) is 16.5 Å². The minimum atomic E-state index is -1.13. The fourth-order valence-corrected chi connectivity index (χ4v) is 3.09. The lowest BCUT2D eigenvalue weighted by Crippen LogP contribution is -2.59. The number of carboxylic acids is 1. The monoisotopic (exact) mass is 453 g/mol. The number of carbonyl (C=O) groups excluding carboxylic acids is 3. The molecule has 170 valence electrons. The number of hydrogen-bond donors (Lipinski definition) is 6. The summed E-state index contributed by atoms with van der Waals surface area (Å²) < 4.78 is 0. The third kappa shape index (κ3) is 7.11. The van der Waals surface area contributed by atoms with Gasteiger partial charge in [0, 0.05) is 5.56 Å². The molecular formula is C20H28ClN5O5. The van der Waals surface area contributed by atoms with E-state index in [0.29, 0.717) is 5.69 Å². The molecule has 1 fully saturated rings. The number of amides is 3. The highest BCUT2D eigenvalue weighted by atomic mass is 35.5. The second-order valence-electron chi connectivity index (χ2n) is 8.57. The van der Waals surface area contributed by atoms with Crippen LogP contribution >= 0.6 is 11.6 Å². The minimum Gasteiger partial charge on any atom is -0.480 e. The number of nitrogens with two attached hydrogens (primary N) is 1. The molecule has 1 aliphatic rings. The lowest BCUT2D eigenvalue weighted by molar-refractivity contribution is -0.137. The fourth-order valence-electron chi connectivity index (χ4n) is 2.91. The van der Waals surface area contributed by atoms with Crippen molar-refractivity contribution in [1.82, 2.24) is 21.5 Å². The number of anilines is 1. The second kappa shape index (κ2) is 9.97. The number of hydrogen-bond acceptors (Lipinski definition) is 6. The van der Waals surface area contributed by atoms with Gasteiger partial charge in [0.05, 0.1) is 10.7 Å². The van der Waals surface area contributed by atoms with E-state index in [1.165, 1.54) is 18.2 Å². The van der Waals surface area contributed by atoms with Crippen molar-refractivity contribution in [2.24, 2.45) is 11.3 Å². The van der Waals surface area contributed by atoms with Crippen LogP contribution in [0.2, 0.25) is 5.02 Å². The molecule has 1 aliphatic carbocycles. The zero-order chi connectivity index (χ0) is 23.3. The van der Waals surface area contributed by atoms with E-state index < -0.39 is 47.7 Å². The number of aliphatic carboxylic acids is 1. The number of carbonyl (C=O) groups is 4. The van der Waals surface area contributed by atoms with Gasteiger partial charge in [0.15, 0.2) is 0 Å². The molecule has 10 nitrogen and oxygen atoms in total. The summed E-state index contributed by atoms with van der Waals surface area (Å²) in [6.45, 7) is 4.90. The van der Waals surface area contributed by atoms with Crippen LogP contribution in [0.15, 0.2) is 18.2 Å². The average molecular weight is 454 g/mol. The summed E-state index contributed by atoms with van der Waals surface area (Å²) in [5, 5.41) is 14.3. The van der Waals surface area contributed by atoms with Crippen molar-refractivity contribution in [3.8, 4) is 0 Å². The van der Waals surface area contributed by atoms with E-state index in [9.17, 15) is 19.2 Å². The topological polar surface area (TPSA) is 163 Å². The Morgan fingerprint density at radius 2 is 1.81 bits per heavy atom. The molecule has 1 saturated carbocycles. The van der Waals surface area contributed by atoms with Gasteiger partial charge < -0.3 is 21.5 Å². The van der Waals surface area contributed by atoms with Gasteiger partial charge in [-0.3, -0.25) is 24.6 Å². The highest BCUT2D eigenvalue weighted by molar-refractivity contribution is 6.33. The van der Waals surface area contributed by atoms with Crippen molar-refractivity contribution < 1.29 is 24.3 Å². The van der Waals surface area contributed by atoms with Crippen molar-refractivity contribution in [2.45, 2.75) is 45.7 Å². The van der Waals surface area contributed by atoms with E-state index in [1.54, 1.807) is 20.8 Å². The number of nitrogen functional groups attached to an aromatic ring is 1. The molecule has 1 aromatic rings. The highest BCUT2D eigenvalue weighted by Crippen LogP contribution is 2.33. The van der Waals surface area contributed by atoms with Crippen molar-refractivity contribution in [3.05, 3.63) is 28.8 Å². The number of halogens is 1. The van der Waals surface area contributed by atoms with Crippen LogP contribution in [0.4, 0.5) is 5.69 Å². The minimum absolute atomic E-state index is 0.0530. The number of nitrogens with one attached hydrogen (secondary N) is 4. The van der Waals surface area contributed by atoms with Crippen molar-refractivity contribution >= 4 is 41.0 Å². The van der Waals surface area contributed by atoms with Crippen LogP contribution in [-0.4, -0.2) is 47.4 Å². The molecule has 31 heavy (non-hydrogen) atoms. The molecule has 0 spiro atoms. The first-order valence-corrected chi connectivity index (χ1v) is 10.2. The summed E-state index contributed by atoms with van der Waals surface area (Å²) in [6.07, 6.45) is 1.52. The first-order chi connectivity index (χ1) is 14.4. The van der Waals surface area contributed by atoms with Gasteiger partial charge in [0.1, 0.15) is 18.6 Å². The molecule has 0 saturated heterocycles. The molecule has 0 bridgehead atoms. The molecule has 7 N–H and O–H groups in total. The normalized spacial score (nSPS) is 15.5. The Morgan fingerprint density at radius 3 is 2.32 bits per heavy atom. The SMILES string of the molecule is CC(C)(C)C(NC(=O)c1ccc(N)c(Cl)c1)C(=O)NC(C(=O)NNCC(=O)O)C1CC1. The summed E-state index contributed by atoms with van der Waals surface area (Å²) in [5.41, 5.74) is 10.2. The largest absolute Gasteiger partial charge is 0.480 e. The summed E-state index contributed by atoms with van der Waals surface area (Å²) >= 11 is 5.98. The van der Waals surface area contributed by atoms with Gasteiger partial charge in [-0.1, -0.05) is 32.4 Å². The van der Waals surface area contributed by atoms with Gasteiger partial charge in [-0.15, -0.1) is 0 Å². The maximum atomic E-state index is 13.0. The molecule has 0 heterocycles. The summed E-state index contributed by atoms with van der Waals surface area (Å²) in [5.74, 6) is -2.75. The zero-order valence-electron chi connectivity index (χ0n) is 17.6. The summed E-state index contributed by atoms with van der Waals surface area (Å²) in [4.78, 5) is 48.8. The predicted molar refractivity (Wildman–Crippen MR) is 115 cm³/mol. The molecule has 2 rings (SSSR count). The molecule has 0 radical (unpaired) electrons. The van der Waals surface area contributed by atoms with Crippen molar-refractivity contribution in [3.63, 3.8) is 0 Å². The Bertz CT molecular complexity index is 866. The van der Waals surface area contributed by atoms with Gasteiger partial charge in [0.2, 0.25) is 5.91 Å². The van der Waals surface area contributed by atoms with Gasteiger partial charge in [-0.05, 0) is 42.4 Å². The summed E-state index contributed by atoms with van der Waals surface area (Å²) in [7, 11) is 0. The van der Waals surface area contributed by atoms with Crippen LogP contribution in [0.3, 0.4) is 0 Å². The number of hydrazine groups is 1. The first-order valence-electron chi connectivity index (χ1n) is 9.81. The van der Waals surface area contributed by atoms with Crippen LogP contribution < -0.4 is 27.2 Å². The van der Waals surface area contributed by atoms with E-state index in [1.807, 2.05) is 0 Å². The van der Waals surface area contributed by atoms with Gasteiger partial charge in [-0.25, -0.2) is 5.43 Å². The third-order valence-electron chi connectivity index (χ3n) is 4.79. The quantitative estimate of drug-likeness (QED) is 0.236. The highest BCUT2D eigenvalue weighted by Gasteiger charge is 2.41. The predicted octanol–water partition coefficient (Wildman–Crippen LogP) is 0.667. The lowest BCUT2D eigenvalue weighted by atomic mass is 9.85. The lowest BCUT2D eigenvalue weighted by Gasteiger charge is -2.32. The van der Waals surface area contributed by atoms with Crippen molar-refractivity contribution in [2.75, 3.05) is 12.3 Å². The van der Waals surface area contributed by atoms with Gasteiger partial charge in [0.25, 0.3) is 11.8 Å². The Balaban J connectivity index is 2.10. The first kappa shape index (κ1) is 24.4. The van der Waals surface area contributed by atoms with Gasteiger partial charge >= 0.3 is 5.97 Å². The zero-order valence-corrected chi connectivity index (χ0v) is 18.4. The van der Waals surface area contributed by atoms with E-state index >= 15 is 0 Å². The van der Waals surface area contributed by atoms with Crippen LogP contribution in [0.1, 0.15) is 44.0 Å². The average Bonchev–Trinajstić information content (AvgIpc) is 3.49. The molecule has 0 aromatic heterocycles. The number of carboxylic acid groups (broad SMARTS) is 1. The number of benzene rings is 1. The van der Waals surface area contributed by atoms with E-state index in [0.717, 1.165) is 12.8 Å². The van der Waals surface area contributed by atoms with Gasteiger partial charge in [-0.2, -0.15) is 0 Å². The van der Waals surface area contributed by atoms with Crippen LogP contribution in [0, 0.1) is 11.3 Å². The molecule has 1 aromatic carbocycles. The second-order valence-corrected chi connectivity index (χ2v) is 8.98. The van der Waals surface area contributed by atoms with Crippen molar-refractivity contribution in [1.29, 1.82) is 0 Å². The van der Waals surface area contributed by atoms with Crippen LogP contribution in [0.25, 0.3) is 0 Å². The molecule has 2 unspecified atom stereocenters. The molecule has 2 atom stereocenters. The Labute approximate surface area is 185 Å².